The molecule has 0 amide bonds. The topological polar surface area (TPSA) is 15.7 Å². The van der Waals surface area contributed by atoms with Crippen molar-refractivity contribution >= 4 is 11.9 Å². The average Bonchev–Trinajstić information content (AvgIpc) is 2.95. The van der Waals surface area contributed by atoms with E-state index in [2.05, 4.69) is 45.6 Å². The summed E-state index contributed by atoms with van der Waals surface area (Å²) >= 11 is 1.76. The van der Waals surface area contributed by atoms with Crippen LogP contribution in [0.5, 0.6) is 5.75 Å². The van der Waals surface area contributed by atoms with E-state index >= 15 is 0 Å². The lowest BCUT2D eigenvalue weighted by atomic mass is 9.90. The standard InChI is InChI=1S/C31H35F3N2OS/c32-31(33,34)27-13-11-26(12-14-27)30(25-9-5-2-6-10-25)35-19-21-36(22-20-35)38-29-17-15-28(16-18-29)37-23-24-7-3-1-4-8-24/h2,5-6,9-18,24,30H,1,3-4,7-8,19-23H2. The van der Waals surface area contributed by atoms with Crippen molar-refractivity contribution in [2.45, 2.75) is 49.2 Å². The molecule has 1 heterocycles. The number of piperazine rings is 1. The van der Waals surface area contributed by atoms with Gasteiger partial charge in [-0.25, -0.2) is 4.31 Å². The van der Waals surface area contributed by atoms with Crippen LogP contribution in [0.15, 0.2) is 83.8 Å². The number of benzene rings is 3. The van der Waals surface area contributed by atoms with Crippen LogP contribution in [0.1, 0.15) is 54.8 Å². The number of alkyl halides is 3. The minimum absolute atomic E-state index is 0.0776. The third kappa shape index (κ3) is 7.13. The maximum atomic E-state index is 13.1. The molecule has 0 radical (unpaired) electrons. The van der Waals surface area contributed by atoms with Crippen LogP contribution in [0.2, 0.25) is 0 Å². The fourth-order valence-electron chi connectivity index (χ4n) is 5.47. The number of ether oxygens (including phenoxy) is 1. The van der Waals surface area contributed by atoms with E-state index in [4.69, 9.17) is 4.74 Å². The van der Waals surface area contributed by atoms with Gasteiger partial charge in [0.15, 0.2) is 0 Å². The summed E-state index contributed by atoms with van der Waals surface area (Å²) in [7, 11) is 0. The van der Waals surface area contributed by atoms with Crippen molar-refractivity contribution in [1.29, 1.82) is 0 Å². The second-order valence-electron chi connectivity index (χ2n) is 10.3. The SMILES string of the molecule is FC(F)(F)c1ccc(C(c2ccccc2)N2CCN(Sc3ccc(OCC4CCCCC4)cc3)CC2)cc1. The predicted octanol–water partition coefficient (Wildman–Crippen LogP) is 8.08. The third-order valence-corrected chi connectivity index (χ3v) is 8.68. The van der Waals surface area contributed by atoms with E-state index in [1.165, 1.54) is 49.1 Å². The lowest BCUT2D eigenvalue weighted by Crippen LogP contribution is -2.45. The van der Waals surface area contributed by atoms with Crippen molar-refractivity contribution in [2.24, 2.45) is 5.92 Å². The first-order valence-corrected chi connectivity index (χ1v) is 14.3. The van der Waals surface area contributed by atoms with Gasteiger partial charge in [-0.2, -0.15) is 13.2 Å². The molecule has 1 saturated heterocycles. The van der Waals surface area contributed by atoms with Crippen molar-refractivity contribution in [3.05, 3.63) is 95.6 Å². The Bertz CT molecular complexity index is 1120. The molecule has 1 saturated carbocycles. The monoisotopic (exact) mass is 540 g/mol. The highest BCUT2D eigenvalue weighted by Crippen LogP contribution is 2.35. The first-order chi connectivity index (χ1) is 18.5. The summed E-state index contributed by atoms with van der Waals surface area (Å²) < 4.78 is 47.8. The molecule has 1 aliphatic carbocycles. The molecule has 0 aromatic heterocycles. The zero-order chi connectivity index (χ0) is 26.4. The minimum atomic E-state index is -4.33. The minimum Gasteiger partial charge on any atom is -0.493 e. The van der Waals surface area contributed by atoms with Crippen LogP contribution < -0.4 is 4.74 Å². The van der Waals surface area contributed by atoms with Crippen LogP contribution in [0.25, 0.3) is 0 Å². The van der Waals surface area contributed by atoms with E-state index in [0.29, 0.717) is 5.92 Å². The summed E-state index contributed by atoms with van der Waals surface area (Å²) in [5.41, 5.74) is 1.37. The molecule has 202 valence electrons. The highest BCUT2D eigenvalue weighted by Gasteiger charge is 2.31. The molecule has 7 heteroatoms. The molecular weight excluding hydrogens is 505 g/mol. The lowest BCUT2D eigenvalue weighted by Gasteiger charge is -2.39. The summed E-state index contributed by atoms with van der Waals surface area (Å²) in [4.78, 5) is 3.56. The Morgan fingerprint density at radius 1 is 0.763 bits per heavy atom. The third-order valence-electron chi connectivity index (χ3n) is 7.58. The van der Waals surface area contributed by atoms with Gasteiger partial charge >= 0.3 is 6.18 Å². The molecule has 2 fully saturated rings. The molecule has 1 unspecified atom stereocenters. The molecule has 3 aromatic rings. The molecule has 1 atom stereocenters. The van der Waals surface area contributed by atoms with Gasteiger partial charge in [0, 0.05) is 31.1 Å². The number of nitrogens with zero attached hydrogens (tertiary/aromatic N) is 2. The fraction of sp³-hybridized carbons (Fsp3) is 0.419. The predicted molar refractivity (Wildman–Crippen MR) is 147 cm³/mol. The largest absolute Gasteiger partial charge is 0.493 e. The van der Waals surface area contributed by atoms with Crippen molar-refractivity contribution in [1.82, 2.24) is 9.21 Å². The quantitative estimate of drug-likeness (QED) is 0.268. The summed E-state index contributed by atoms with van der Waals surface area (Å²) in [5, 5.41) is 0. The highest BCUT2D eigenvalue weighted by atomic mass is 32.2. The van der Waals surface area contributed by atoms with Crippen LogP contribution >= 0.6 is 11.9 Å². The molecule has 5 rings (SSSR count). The van der Waals surface area contributed by atoms with E-state index in [9.17, 15) is 13.2 Å². The zero-order valence-corrected chi connectivity index (χ0v) is 22.4. The molecule has 0 spiro atoms. The van der Waals surface area contributed by atoms with Gasteiger partial charge < -0.3 is 4.74 Å². The smallest absolute Gasteiger partial charge is 0.416 e. The second-order valence-corrected chi connectivity index (χ2v) is 11.4. The molecule has 0 bridgehead atoms. The van der Waals surface area contributed by atoms with Crippen molar-refractivity contribution in [2.75, 3.05) is 32.8 Å². The normalized spacial score (nSPS) is 18.8. The van der Waals surface area contributed by atoms with Crippen molar-refractivity contribution < 1.29 is 17.9 Å². The van der Waals surface area contributed by atoms with Crippen LogP contribution in [-0.4, -0.2) is 42.0 Å². The summed E-state index contributed by atoms with van der Waals surface area (Å²) in [6.45, 7) is 4.21. The molecule has 1 aliphatic heterocycles. The van der Waals surface area contributed by atoms with Crippen molar-refractivity contribution in [3.63, 3.8) is 0 Å². The second kappa shape index (κ2) is 12.6. The van der Waals surface area contributed by atoms with Crippen LogP contribution in [0.4, 0.5) is 13.2 Å². The Morgan fingerprint density at radius 3 is 2.03 bits per heavy atom. The van der Waals surface area contributed by atoms with E-state index in [1.54, 1.807) is 24.1 Å². The lowest BCUT2D eigenvalue weighted by molar-refractivity contribution is -0.137. The van der Waals surface area contributed by atoms with Gasteiger partial charge in [-0.3, -0.25) is 4.90 Å². The Hall–Kier alpha value is -2.48. The molecule has 38 heavy (non-hydrogen) atoms. The summed E-state index contributed by atoms with van der Waals surface area (Å²) in [5.74, 6) is 1.63. The maximum Gasteiger partial charge on any atom is 0.416 e. The first-order valence-electron chi connectivity index (χ1n) is 13.6. The summed E-state index contributed by atoms with van der Waals surface area (Å²) in [6, 6.07) is 24.0. The van der Waals surface area contributed by atoms with Crippen molar-refractivity contribution in [3.8, 4) is 5.75 Å². The molecule has 3 nitrogen and oxygen atoms in total. The molecular formula is C31H35F3N2OS. The van der Waals surface area contributed by atoms with Crippen LogP contribution in [0.3, 0.4) is 0 Å². The van der Waals surface area contributed by atoms with Crippen LogP contribution in [-0.2, 0) is 6.18 Å². The fourth-order valence-corrected chi connectivity index (χ4v) is 6.37. The average molecular weight is 541 g/mol. The highest BCUT2D eigenvalue weighted by molar-refractivity contribution is 7.97. The number of hydrogen-bond acceptors (Lipinski definition) is 4. The number of halogens is 3. The van der Waals surface area contributed by atoms with Gasteiger partial charge in [0.1, 0.15) is 5.75 Å². The Labute approximate surface area is 228 Å². The van der Waals surface area contributed by atoms with E-state index in [0.717, 1.165) is 49.7 Å². The van der Waals surface area contributed by atoms with Gasteiger partial charge in [-0.15, -0.1) is 0 Å². The Morgan fingerprint density at radius 2 is 1.39 bits per heavy atom. The molecule has 0 N–H and O–H groups in total. The maximum absolute atomic E-state index is 13.1. The van der Waals surface area contributed by atoms with E-state index in [-0.39, 0.29) is 6.04 Å². The number of rotatable bonds is 8. The first kappa shape index (κ1) is 27.1. The number of hydrogen-bond donors (Lipinski definition) is 0. The Balaban J connectivity index is 1.18. The van der Waals surface area contributed by atoms with Gasteiger partial charge in [0.25, 0.3) is 0 Å². The van der Waals surface area contributed by atoms with Gasteiger partial charge in [-0.1, -0.05) is 61.7 Å². The van der Waals surface area contributed by atoms with E-state index in [1.807, 2.05) is 18.2 Å². The van der Waals surface area contributed by atoms with E-state index < -0.39 is 11.7 Å². The molecule has 3 aromatic carbocycles. The summed E-state index contributed by atoms with van der Waals surface area (Å²) in [6.07, 6.45) is 2.25. The van der Waals surface area contributed by atoms with Crippen LogP contribution in [0, 0.1) is 5.92 Å². The van der Waals surface area contributed by atoms with Gasteiger partial charge in [-0.05, 0) is 78.2 Å². The molecule has 2 aliphatic rings. The van der Waals surface area contributed by atoms with Gasteiger partial charge in [0.2, 0.25) is 0 Å². The Kier molecular flexibility index (Phi) is 8.97. The van der Waals surface area contributed by atoms with Gasteiger partial charge in [0.05, 0.1) is 18.2 Å². The zero-order valence-electron chi connectivity index (χ0n) is 21.6.